The summed E-state index contributed by atoms with van der Waals surface area (Å²) in [6.07, 6.45) is 0.734. The van der Waals surface area contributed by atoms with E-state index >= 15 is 0 Å². The van der Waals surface area contributed by atoms with Crippen LogP contribution < -0.4 is 16.2 Å². The van der Waals surface area contributed by atoms with E-state index in [1.54, 1.807) is 0 Å². The smallest absolute Gasteiger partial charge is 0.241 e. The van der Waals surface area contributed by atoms with Crippen LogP contribution in [-0.2, 0) is 9.59 Å². The number of benzene rings is 1. The SMILES string of the molecule is CC(C)NC(=O)CN1CCN(C(=O)C2CC(c3ccc(Br)cc3)NN2)CC1. The molecule has 2 aliphatic rings. The molecule has 148 valence electrons. The molecule has 8 heteroatoms. The van der Waals surface area contributed by atoms with Crippen molar-refractivity contribution < 1.29 is 9.59 Å². The molecule has 3 rings (SSSR count). The van der Waals surface area contributed by atoms with Crippen molar-refractivity contribution in [3.63, 3.8) is 0 Å². The second kappa shape index (κ2) is 9.14. The third-order valence-corrected chi connectivity index (χ3v) is 5.50. The second-order valence-corrected chi connectivity index (χ2v) is 8.42. The van der Waals surface area contributed by atoms with Gasteiger partial charge in [-0.25, -0.2) is 10.9 Å². The molecule has 2 fully saturated rings. The Balaban J connectivity index is 1.46. The van der Waals surface area contributed by atoms with Crippen molar-refractivity contribution in [3.05, 3.63) is 34.3 Å². The minimum absolute atomic E-state index is 0.0452. The maximum Gasteiger partial charge on any atom is 0.241 e. The molecule has 3 N–H and O–H groups in total. The van der Waals surface area contributed by atoms with Gasteiger partial charge in [0, 0.05) is 42.7 Å². The van der Waals surface area contributed by atoms with Gasteiger partial charge in [-0.3, -0.25) is 14.5 Å². The maximum absolute atomic E-state index is 12.8. The first-order valence-corrected chi connectivity index (χ1v) is 10.3. The molecule has 0 bridgehead atoms. The average Bonchev–Trinajstić information content (AvgIpc) is 3.12. The van der Waals surface area contributed by atoms with Gasteiger partial charge >= 0.3 is 0 Å². The summed E-state index contributed by atoms with van der Waals surface area (Å²) in [5, 5.41) is 2.91. The number of carbonyl (C=O) groups excluding carboxylic acids is 2. The van der Waals surface area contributed by atoms with Crippen LogP contribution in [0.15, 0.2) is 28.7 Å². The summed E-state index contributed by atoms with van der Waals surface area (Å²) in [7, 11) is 0. The Morgan fingerprint density at radius 3 is 2.44 bits per heavy atom. The summed E-state index contributed by atoms with van der Waals surface area (Å²) < 4.78 is 1.05. The van der Waals surface area contributed by atoms with Crippen LogP contribution in [-0.4, -0.2) is 66.4 Å². The van der Waals surface area contributed by atoms with Crippen LogP contribution in [0.2, 0.25) is 0 Å². The predicted molar refractivity (Wildman–Crippen MR) is 108 cm³/mol. The molecule has 0 spiro atoms. The van der Waals surface area contributed by atoms with Crippen LogP contribution in [0.3, 0.4) is 0 Å². The lowest BCUT2D eigenvalue weighted by Crippen LogP contribution is -2.55. The van der Waals surface area contributed by atoms with Gasteiger partial charge in [0.15, 0.2) is 0 Å². The van der Waals surface area contributed by atoms with Gasteiger partial charge in [-0.05, 0) is 38.0 Å². The largest absolute Gasteiger partial charge is 0.353 e. The zero-order valence-corrected chi connectivity index (χ0v) is 17.5. The Bertz CT molecular complexity index is 659. The maximum atomic E-state index is 12.8. The molecule has 2 atom stereocenters. The number of rotatable bonds is 5. The first-order chi connectivity index (χ1) is 12.9. The van der Waals surface area contributed by atoms with Crippen molar-refractivity contribution in [3.8, 4) is 0 Å². The van der Waals surface area contributed by atoms with Crippen molar-refractivity contribution >= 4 is 27.7 Å². The van der Waals surface area contributed by atoms with E-state index in [-0.39, 0.29) is 29.9 Å². The Morgan fingerprint density at radius 2 is 1.81 bits per heavy atom. The third-order valence-electron chi connectivity index (χ3n) is 4.97. The Morgan fingerprint density at radius 1 is 1.15 bits per heavy atom. The highest BCUT2D eigenvalue weighted by atomic mass is 79.9. The van der Waals surface area contributed by atoms with Crippen molar-refractivity contribution in [1.82, 2.24) is 26.0 Å². The highest BCUT2D eigenvalue weighted by molar-refractivity contribution is 9.10. The summed E-state index contributed by atoms with van der Waals surface area (Å²) >= 11 is 3.45. The summed E-state index contributed by atoms with van der Waals surface area (Å²) in [6.45, 7) is 7.09. The van der Waals surface area contributed by atoms with Crippen LogP contribution in [0.4, 0.5) is 0 Å². The first-order valence-electron chi connectivity index (χ1n) is 9.49. The van der Waals surface area contributed by atoms with Gasteiger partial charge in [0.1, 0.15) is 6.04 Å². The zero-order chi connectivity index (χ0) is 19.4. The molecule has 27 heavy (non-hydrogen) atoms. The topological polar surface area (TPSA) is 76.7 Å². The first kappa shape index (κ1) is 20.3. The fraction of sp³-hybridized carbons (Fsp3) is 0.579. The quantitative estimate of drug-likeness (QED) is 0.640. The highest BCUT2D eigenvalue weighted by Gasteiger charge is 2.34. The minimum atomic E-state index is -0.213. The van der Waals surface area contributed by atoms with Crippen LogP contribution in [0, 0.1) is 0 Å². The van der Waals surface area contributed by atoms with Crippen LogP contribution in [0.25, 0.3) is 0 Å². The van der Waals surface area contributed by atoms with Crippen LogP contribution >= 0.6 is 15.9 Å². The zero-order valence-electron chi connectivity index (χ0n) is 15.9. The lowest BCUT2D eigenvalue weighted by Gasteiger charge is -2.35. The van der Waals surface area contributed by atoms with Crippen LogP contribution in [0.1, 0.15) is 31.9 Å². The van der Waals surface area contributed by atoms with E-state index in [0.717, 1.165) is 24.0 Å². The number of halogens is 1. The van der Waals surface area contributed by atoms with E-state index in [0.29, 0.717) is 19.6 Å². The molecule has 0 radical (unpaired) electrons. The molecule has 2 saturated heterocycles. The fourth-order valence-electron chi connectivity index (χ4n) is 3.55. The number of carbonyl (C=O) groups is 2. The highest BCUT2D eigenvalue weighted by Crippen LogP contribution is 2.24. The summed E-state index contributed by atoms with van der Waals surface area (Å²) in [4.78, 5) is 28.7. The number of amides is 2. The summed E-state index contributed by atoms with van der Waals surface area (Å²) in [6, 6.07) is 8.23. The van der Waals surface area contributed by atoms with E-state index in [1.165, 1.54) is 5.56 Å². The normalized spacial score (nSPS) is 23.6. The van der Waals surface area contributed by atoms with E-state index in [1.807, 2.05) is 30.9 Å². The minimum Gasteiger partial charge on any atom is -0.353 e. The lowest BCUT2D eigenvalue weighted by atomic mass is 10.0. The lowest BCUT2D eigenvalue weighted by molar-refractivity contribution is -0.135. The van der Waals surface area contributed by atoms with Gasteiger partial charge in [0.25, 0.3) is 0 Å². The Hall–Kier alpha value is -1.48. The van der Waals surface area contributed by atoms with Gasteiger partial charge < -0.3 is 10.2 Å². The standard InChI is InChI=1S/C19H28BrN5O2/c1-13(2)21-18(26)12-24-7-9-25(10-8-24)19(27)17-11-16(22-23-17)14-3-5-15(20)6-4-14/h3-6,13,16-17,22-23H,7-12H2,1-2H3,(H,21,26). The van der Waals surface area contributed by atoms with E-state index in [9.17, 15) is 9.59 Å². The number of nitrogens with zero attached hydrogens (tertiary/aromatic N) is 2. The number of piperazine rings is 1. The molecular formula is C19H28BrN5O2. The number of nitrogens with one attached hydrogen (secondary N) is 3. The second-order valence-electron chi connectivity index (χ2n) is 7.50. The van der Waals surface area contributed by atoms with Gasteiger partial charge in [0.05, 0.1) is 6.54 Å². The van der Waals surface area contributed by atoms with Crippen LogP contribution in [0.5, 0.6) is 0 Å². The average molecular weight is 438 g/mol. The number of hydrazine groups is 1. The fourth-order valence-corrected chi connectivity index (χ4v) is 3.81. The van der Waals surface area contributed by atoms with Crippen molar-refractivity contribution in [1.29, 1.82) is 0 Å². The van der Waals surface area contributed by atoms with E-state index in [2.05, 4.69) is 49.1 Å². The van der Waals surface area contributed by atoms with Crippen molar-refractivity contribution in [2.24, 2.45) is 0 Å². The molecule has 2 unspecified atom stereocenters. The monoisotopic (exact) mass is 437 g/mol. The molecule has 2 heterocycles. The van der Waals surface area contributed by atoms with Gasteiger partial charge in [-0.15, -0.1) is 0 Å². The molecule has 0 aromatic heterocycles. The molecule has 7 nitrogen and oxygen atoms in total. The summed E-state index contributed by atoms with van der Waals surface area (Å²) in [5.74, 6) is 0.178. The van der Waals surface area contributed by atoms with Crippen molar-refractivity contribution in [2.45, 2.75) is 38.4 Å². The van der Waals surface area contributed by atoms with Gasteiger partial charge in [-0.1, -0.05) is 28.1 Å². The van der Waals surface area contributed by atoms with Gasteiger partial charge in [-0.2, -0.15) is 0 Å². The molecular weight excluding hydrogens is 410 g/mol. The Kier molecular flexibility index (Phi) is 6.86. The molecule has 2 aliphatic heterocycles. The molecule has 0 aliphatic carbocycles. The number of hydrogen-bond donors (Lipinski definition) is 3. The molecule has 2 amide bonds. The summed E-state index contributed by atoms with van der Waals surface area (Å²) in [5.41, 5.74) is 7.56. The van der Waals surface area contributed by atoms with Crippen molar-refractivity contribution in [2.75, 3.05) is 32.7 Å². The predicted octanol–water partition coefficient (Wildman–Crippen LogP) is 1.03. The molecule has 1 aromatic carbocycles. The number of hydrogen-bond acceptors (Lipinski definition) is 5. The Labute approximate surface area is 168 Å². The molecule has 0 saturated carbocycles. The van der Waals surface area contributed by atoms with Gasteiger partial charge in [0.2, 0.25) is 11.8 Å². The molecule has 1 aromatic rings. The third kappa shape index (κ3) is 5.51. The van der Waals surface area contributed by atoms with E-state index in [4.69, 9.17) is 0 Å². The van der Waals surface area contributed by atoms with E-state index < -0.39 is 0 Å².